The highest BCUT2D eigenvalue weighted by Gasteiger charge is 2.02. The molecule has 0 fully saturated rings. The summed E-state index contributed by atoms with van der Waals surface area (Å²) in [5.41, 5.74) is 0. The van der Waals surface area contributed by atoms with E-state index in [0.717, 1.165) is 24.9 Å². The largest absolute Gasteiger partial charge is 0.103 e. The first-order valence-corrected chi connectivity index (χ1v) is 6.84. The maximum absolute atomic E-state index is 3.81. The molecule has 0 rings (SSSR count). The SMILES string of the molecule is C=CCC(CC=C)=[Si](CC=C)CC=C. The Morgan fingerprint density at radius 3 is 1.50 bits per heavy atom. The molecule has 1 heteroatoms. The maximum Gasteiger partial charge on any atom is 0.0174 e. The Morgan fingerprint density at radius 2 is 1.21 bits per heavy atom. The van der Waals surface area contributed by atoms with Gasteiger partial charge in [-0.15, -0.1) is 26.3 Å². The lowest BCUT2D eigenvalue weighted by atomic mass is 10.2. The smallest absolute Gasteiger partial charge is 0.0174 e. The van der Waals surface area contributed by atoms with Crippen LogP contribution in [0.2, 0.25) is 12.1 Å². The lowest BCUT2D eigenvalue weighted by Gasteiger charge is -2.08. The number of hydrogen-bond donors (Lipinski definition) is 0. The van der Waals surface area contributed by atoms with Crippen LogP contribution in [0.5, 0.6) is 0 Å². The Hall–Kier alpha value is -0.953. The minimum absolute atomic E-state index is 0.472. The number of allylic oxidation sites excluding steroid dienone is 4. The lowest BCUT2D eigenvalue weighted by molar-refractivity contribution is 1.38. The molecule has 76 valence electrons. The molecular weight excluding hydrogens is 184 g/mol. The van der Waals surface area contributed by atoms with Crippen molar-refractivity contribution in [2.24, 2.45) is 0 Å². The zero-order valence-electron chi connectivity index (χ0n) is 8.97. The van der Waals surface area contributed by atoms with Crippen molar-refractivity contribution in [2.75, 3.05) is 0 Å². The quantitative estimate of drug-likeness (QED) is 0.417. The summed E-state index contributed by atoms with van der Waals surface area (Å²) in [6, 6.07) is 2.24. The first-order chi connectivity index (χ1) is 6.79. The van der Waals surface area contributed by atoms with Crippen LogP contribution in [-0.4, -0.2) is 13.6 Å². The summed E-state index contributed by atoms with van der Waals surface area (Å²) in [5.74, 6) is 0. The summed E-state index contributed by atoms with van der Waals surface area (Å²) in [7, 11) is -0.472. The molecule has 0 heterocycles. The molecular formula is C13H20Si. The third kappa shape index (κ3) is 4.93. The molecule has 0 saturated heterocycles. The van der Waals surface area contributed by atoms with Crippen LogP contribution >= 0.6 is 0 Å². The first-order valence-electron chi connectivity index (χ1n) is 4.93. The minimum atomic E-state index is -0.472. The van der Waals surface area contributed by atoms with Crippen LogP contribution < -0.4 is 0 Å². The third-order valence-electron chi connectivity index (χ3n) is 2.06. The van der Waals surface area contributed by atoms with Gasteiger partial charge in [0.25, 0.3) is 0 Å². The predicted molar refractivity (Wildman–Crippen MR) is 70.4 cm³/mol. The summed E-state index contributed by atoms with van der Waals surface area (Å²) >= 11 is 0. The highest BCUT2D eigenvalue weighted by molar-refractivity contribution is 6.72. The summed E-state index contributed by atoms with van der Waals surface area (Å²) in [4.78, 5) is 0. The van der Waals surface area contributed by atoms with Crippen LogP contribution in [0.3, 0.4) is 0 Å². The molecule has 0 spiro atoms. The fraction of sp³-hybridized carbons (Fsp3) is 0.308. The maximum atomic E-state index is 3.81. The Kier molecular flexibility index (Phi) is 8.05. The zero-order chi connectivity index (χ0) is 10.8. The van der Waals surface area contributed by atoms with Crippen molar-refractivity contribution in [3.8, 4) is 0 Å². The van der Waals surface area contributed by atoms with Crippen molar-refractivity contribution in [2.45, 2.75) is 24.9 Å². The van der Waals surface area contributed by atoms with E-state index in [1.807, 2.05) is 24.3 Å². The fourth-order valence-electron chi connectivity index (χ4n) is 1.44. The molecule has 0 aromatic heterocycles. The van der Waals surface area contributed by atoms with Gasteiger partial charge in [0.05, 0.1) is 0 Å². The Bertz CT molecular complexity index is 196. The van der Waals surface area contributed by atoms with Crippen molar-refractivity contribution in [3.63, 3.8) is 0 Å². The number of hydrogen-bond acceptors (Lipinski definition) is 0. The van der Waals surface area contributed by atoms with Gasteiger partial charge < -0.3 is 0 Å². The predicted octanol–water partition coefficient (Wildman–Crippen LogP) is 3.76. The van der Waals surface area contributed by atoms with Crippen LogP contribution in [0.1, 0.15) is 12.8 Å². The molecule has 0 saturated carbocycles. The monoisotopic (exact) mass is 204 g/mol. The second kappa shape index (κ2) is 8.64. The molecule has 0 atom stereocenters. The van der Waals surface area contributed by atoms with Gasteiger partial charge >= 0.3 is 0 Å². The van der Waals surface area contributed by atoms with Crippen molar-refractivity contribution in [1.82, 2.24) is 0 Å². The molecule has 0 aliphatic carbocycles. The fourth-order valence-corrected chi connectivity index (χ4v) is 3.75. The molecule has 14 heavy (non-hydrogen) atoms. The summed E-state index contributed by atoms with van der Waals surface area (Å²) in [5, 5.41) is 1.58. The molecule has 0 aromatic rings. The van der Waals surface area contributed by atoms with Crippen molar-refractivity contribution in [3.05, 3.63) is 50.6 Å². The van der Waals surface area contributed by atoms with Crippen molar-refractivity contribution in [1.29, 1.82) is 0 Å². The Balaban J connectivity index is 4.77. The van der Waals surface area contributed by atoms with Gasteiger partial charge in [0.15, 0.2) is 0 Å². The highest BCUT2D eigenvalue weighted by atomic mass is 28.2. The average Bonchev–Trinajstić information content (AvgIpc) is 2.17. The molecule has 0 amide bonds. The van der Waals surface area contributed by atoms with Gasteiger partial charge in [-0.2, -0.15) is 0 Å². The van der Waals surface area contributed by atoms with E-state index in [9.17, 15) is 0 Å². The standard InChI is InChI=1S/C13H20Si/c1-5-9-13(10-6-2)14(11-7-3)12-8-4/h5-8H,1-4,9-12H2. The molecule has 0 radical (unpaired) electrons. The molecule has 0 N–H and O–H groups in total. The molecule has 0 unspecified atom stereocenters. The molecule has 0 aliphatic rings. The van der Waals surface area contributed by atoms with Gasteiger partial charge in [-0.3, -0.25) is 0 Å². The van der Waals surface area contributed by atoms with Crippen LogP contribution in [0.25, 0.3) is 0 Å². The van der Waals surface area contributed by atoms with E-state index in [0.29, 0.717) is 0 Å². The van der Waals surface area contributed by atoms with E-state index < -0.39 is 8.41 Å². The molecule has 0 aromatic carbocycles. The van der Waals surface area contributed by atoms with Crippen LogP contribution in [0, 0.1) is 0 Å². The van der Waals surface area contributed by atoms with E-state index in [-0.39, 0.29) is 0 Å². The summed E-state index contributed by atoms with van der Waals surface area (Å²) in [6.45, 7) is 15.2. The second-order valence-corrected chi connectivity index (χ2v) is 5.91. The van der Waals surface area contributed by atoms with Crippen molar-refractivity contribution < 1.29 is 0 Å². The Labute approximate surface area is 89.6 Å². The average molecular weight is 204 g/mol. The molecule has 0 nitrogen and oxygen atoms in total. The van der Waals surface area contributed by atoms with E-state index >= 15 is 0 Å². The topological polar surface area (TPSA) is 0 Å². The normalized spacial score (nSPS) is 8.86. The summed E-state index contributed by atoms with van der Waals surface area (Å²) < 4.78 is 0. The minimum Gasteiger partial charge on any atom is -0.103 e. The zero-order valence-corrected chi connectivity index (χ0v) is 9.97. The van der Waals surface area contributed by atoms with Gasteiger partial charge in [0, 0.05) is 8.41 Å². The van der Waals surface area contributed by atoms with Gasteiger partial charge in [-0.25, -0.2) is 0 Å². The van der Waals surface area contributed by atoms with Crippen LogP contribution in [0.4, 0.5) is 0 Å². The second-order valence-electron chi connectivity index (χ2n) is 3.18. The number of rotatable bonds is 8. The van der Waals surface area contributed by atoms with E-state index in [4.69, 9.17) is 0 Å². The van der Waals surface area contributed by atoms with E-state index in [1.54, 1.807) is 5.17 Å². The van der Waals surface area contributed by atoms with E-state index in [1.165, 1.54) is 0 Å². The lowest BCUT2D eigenvalue weighted by Crippen LogP contribution is -2.13. The summed E-state index contributed by atoms with van der Waals surface area (Å²) in [6.07, 6.45) is 10.0. The van der Waals surface area contributed by atoms with Gasteiger partial charge in [-0.1, -0.05) is 29.5 Å². The van der Waals surface area contributed by atoms with Crippen molar-refractivity contribution >= 4 is 13.6 Å². The third-order valence-corrected chi connectivity index (χ3v) is 5.03. The van der Waals surface area contributed by atoms with Gasteiger partial charge in [0.2, 0.25) is 0 Å². The van der Waals surface area contributed by atoms with Gasteiger partial charge in [0.1, 0.15) is 0 Å². The van der Waals surface area contributed by atoms with Gasteiger partial charge in [-0.05, 0) is 24.9 Å². The molecule has 0 bridgehead atoms. The Morgan fingerprint density at radius 1 is 0.786 bits per heavy atom. The highest BCUT2D eigenvalue weighted by Crippen LogP contribution is 2.03. The molecule has 0 aliphatic heterocycles. The first kappa shape index (κ1) is 13.0. The van der Waals surface area contributed by atoms with Crippen LogP contribution in [-0.2, 0) is 0 Å². The van der Waals surface area contributed by atoms with E-state index in [2.05, 4.69) is 26.3 Å². The van der Waals surface area contributed by atoms with Crippen LogP contribution in [0.15, 0.2) is 50.6 Å².